The van der Waals surface area contributed by atoms with Crippen molar-refractivity contribution in [2.24, 2.45) is 17.8 Å². The van der Waals surface area contributed by atoms with Crippen LogP contribution in [0.5, 0.6) is 0 Å². The van der Waals surface area contributed by atoms with Crippen molar-refractivity contribution in [2.45, 2.75) is 115 Å². The van der Waals surface area contributed by atoms with Crippen LogP contribution in [0.4, 0.5) is 17.6 Å². The highest BCUT2D eigenvalue weighted by molar-refractivity contribution is 5.68. The Morgan fingerprint density at radius 3 is 1.87 bits per heavy atom. The van der Waals surface area contributed by atoms with Crippen molar-refractivity contribution in [3.63, 3.8) is 0 Å². The van der Waals surface area contributed by atoms with Gasteiger partial charge in [0.2, 0.25) is 0 Å². The van der Waals surface area contributed by atoms with E-state index in [9.17, 15) is 8.78 Å². The first-order chi connectivity index (χ1) is 18.9. The van der Waals surface area contributed by atoms with E-state index in [0.29, 0.717) is 24.8 Å². The topological polar surface area (TPSA) is 0 Å². The van der Waals surface area contributed by atoms with Crippen LogP contribution in [0.2, 0.25) is 0 Å². The van der Waals surface area contributed by atoms with E-state index in [1.54, 1.807) is 18.2 Å². The molecule has 0 aliphatic heterocycles. The second kappa shape index (κ2) is 13.0. The Morgan fingerprint density at radius 1 is 0.641 bits per heavy atom. The summed E-state index contributed by atoms with van der Waals surface area (Å²) in [6.45, 7) is 2.27. The highest BCUT2D eigenvalue weighted by atomic mass is 19.2. The second-order valence-electron chi connectivity index (χ2n) is 12.6. The fraction of sp³-hybridized carbons (Fsp3) is 0.600. The minimum absolute atomic E-state index is 0.0283. The Labute approximate surface area is 232 Å². The molecule has 0 saturated heterocycles. The molecule has 0 radical (unpaired) electrons. The molecule has 1 unspecified atom stereocenters. The molecule has 2 aromatic rings. The minimum atomic E-state index is -0.858. The molecule has 2 saturated carbocycles. The third-order valence-electron chi connectivity index (χ3n) is 10.2. The summed E-state index contributed by atoms with van der Waals surface area (Å²) in [5, 5.41) is 0. The van der Waals surface area contributed by atoms with Crippen LogP contribution in [0.15, 0.2) is 36.4 Å². The lowest BCUT2D eigenvalue weighted by Crippen LogP contribution is -2.25. The fourth-order valence-electron chi connectivity index (χ4n) is 7.82. The maximum atomic E-state index is 15.3. The van der Waals surface area contributed by atoms with Gasteiger partial charge in [-0.2, -0.15) is 0 Å². The van der Waals surface area contributed by atoms with Crippen LogP contribution in [0.3, 0.4) is 0 Å². The van der Waals surface area contributed by atoms with Crippen molar-refractivity contribution in [1.29, 1.82) is 0 Å². The first-order valence-electron chi connectivity index (χ1n) is 15.6. The SMILES string of the molecule is CCCCCC1CCC(C2CCC(c3cc(F)c(C4=CCC(c5ccc(F)c(F)c5)CC4)c(F)c3)CC2)CC1. The minimum Gasteiger partial charge on any atom is -0.206 e. The van der Waals surface area contributed by atoms with Crippen LogP contribution in [0.1, 0.15) is 132 Å². The molecule has 1 atom stereocenters. The van der Waals surface area contributed by atoms with Gasteiger partial charge in [0.15, 0.2) is 11.6 Å². The molecular weight excluding hydrogens is 496 g/mol. The van der Waals surface area contributed by atoms with Gasteiger partial charge in [-0.25, -0.2) is 17.6 Å². The van der Waals surface area contributed by atoms with Crippen molar-refractivity contribution in [3.05, 3.63) is 76.4 Å². The first-order valence-corrected chi connectivity index (χ1v) is 15.6. The highest BCUT2D eigenvalue weighted by Crippen LogP contribution is 2.45. The van der Waals surface area contributed by atoms with Crippen LogP contribution in [-0.4, -0.2) is 0 Å². The van der Waals surface area contributed by atoms with E-state index < -0.39 is 23.3 Å². The van der Waals surface area contributed by atoms with E-state index in [-0.39, 0.29) is 17.4 Å². The summed E-state index contributed by atoms with van der Waals surface area (Å²) in [4.78, 5) is 0. The summed E-state index contributed by atoms with van der Waals surface area (Å²) in [6, 6.07) is 7.14. The molecule has 3 aliphatic carbocycles. The van der Waals surface area contributed by atoms with Gasteiger partial charge in [0, 0.05) is 5.56 Å². The molecule has 0 aromatic heterocycles. The Morgan fingerprint density at radius 2 is 1.28 bits per heavy atom. The quantitative estimate of drug-likeness (QED) is 0.231. The lowest BCUT2D eigenvalue weighted by Gasteiger charge is -2.38. The molecule has 2 aromatic carbocycles. The van der Waals surface area contributed by atoms with E-state index in [2.05, 4.69) is 6.92 Å². The number of rotatable bonds is 8. The Hall–Kier alpha value is -2.10. The van der Waals surface area contributed by atoms with E-state index >= 15 is 8.78 Å². The molecule has 5 rings (SSSR count). The Kier molecular flexibility index (Phi) is 9.51. The van der Waals surface area contributed by atoms with Gasteiger partial charge in [-0.05, 0) is 128 Å². The molecule has 0 N–H and O–H groups in total. The van der Waals surface area contributed by atoms with Crippen LogP contribution >= 0.6 is 0 Å². The summed E-state index contributed by atoms with van der Waals surface area (Å²) >= 11 is 0. The van der Waals surface area contributed by atoms with E-state index in [0.717, 1.165) is 47.8 Å². The van der Waals surface area contributed by atoms with Crippen molar-refractivity contribution in [1.82, 2.24) is 0 Å². The molecule has 212 valence electrons. The number of hydrogen-bond acceptors (Lipinski definition) is 0. The lowest BCUT2D eigenvalue weighted by atomic mass is 9.68. The monoisotopic (exact) mass is 540 g/mol. The number of unbranched alkanes of at least 4 members (excludes halogenated alkanes) is 2. The van der Waals surface area contributed by atoms with E-state index in [4.69, 9.17) is 0 Å². The smallest absolute Gasteiger partial charge is 0.159 e. The molecule has 0 nitrogen and oxygen atoms in total. The normalized spacial score (nSPS) is 27.8. The molecule has 39 heavy (non-hydrogen) atoms. The van der Waals surface area contributed by atoms with Crippen LogP contribution in [0, 0.1) is 41.0 Å². The summed E-state index contributed by atoms with van der Waals surface area (Å²) in [7, 11) is 0. The molecule has 0 heterocycles. The van der Waals surface area contributed by atoms with Gasteiger partial charge >= 0.3 is 0 Å². The zero-order valence-corrected chi connectivity index (χ0v) is 23.5. The third kappa shape index (κ3) is 6.80. The molecule has 4 heteroatoms. The molecule has 0 bridgehead atoms. The van der Waals surface area contributed by atoms with E-state index in [1.165, 1.54) is 70.3 Å². The van der Waals surface area contributed by atoms with E-state index in [1.807, 2.05) is 6.08 Å². The summed E-state index contributed by atoms with van der Waals surface area (Å²) in [5.41, 5.74) is 2.32. The molecule has 3 aliphatic rings. The molecule has 2 fully saturated rings. The van der Waals surface area contributed by atoms with Crippen molar-refractivity contribution < 1.29 is 17.6 Å². The Bertz CT molecular complexity index is 1110. The fourth-order valence-corrected chi connectivity index (χ4v) is 7.82. The lowest BCUT2D eigenvalue weighted by molar-refractivity contribution is 0.155. The van der Waals surface area contributed by atoms with Gasteiger partial charge in [0.05, 0.1) is 0 Å². The van der Waals surface area contributed by atoms with Gasteiger partial charge in [0.1, 0.15) is 11.6 Å². The number of hydrogen-bond donors (Lipinski definition) is 0. The molecule has 0 spiro atoms. The van der Waals surface area contributed by atoms with Crippen LogP contribution in [0.25, 0.3) is 5.57 Å². The maximum absolute atomic E-state index is 15.3. The summed E-state index contributed by atoms with van der Waals surface area (Å²) in [6.07, 6.45) is 19.0. The second-order valence-corrected chi connectivity index (χ2v) is 12.6. The number of allylic oxidation sites excluding steroid dienone is 2. The molecule has 0 amide bonds. The average Bonchev–Trinajstić information content (AvgIpc) is 2.95. The van der Waals surface area contributed by atoms with Crippen molar-refractivity contribution >= 4 is 5.57 Å². The first kappa shape index (κ1) is 28.4. The predicted octanol–water partition coefficient (Wildman–Crippen LogP) is 11.3. The van der Waals surface area contributed by atoms with Crippen LogP contribution < -0.4 is 0 Å². The zero-order chi connectivity index (χ0) is 27.4. The number of benzene rings is 2. The van der Waals surface area contributed by atoms with Gasteiger partial charge in [-0.15, -0.1) is 0 Å². The van der Waals surface area contributed by atoms with Gasteiger partial charge in [-0.1, -0.05) is 57.6 Å². The standard InChI is InChI=1S/C35H44F4/c1-2-3-4-5-23-6-8-24(9-7-23)25-10-12-27(13-11-25)30-21-33(38)35(34(39)22-30)28-16-14-26(15-17-28)29-18-19-31(36)32(37)20-29/h16,18-27H,2-15,17H2,1H3. The summed E-state index contributed by atoms with van der Waals surface area (Å²) < 4.78 is 57.6. The maximum Gasteiger partial charge on any atom is 0.159 e. The Balaban J connectivity index is 1.16. The highest BCUT2D eigenvalue weighted by Gasteiger charge is 2.32. The summed E-state index contributed by atoms with van der Waals surface area (Å²) in [5.74, 6) is 0.183. The molecular formula is C35H44F4. The van der Waals surface area contributed by atoms with Gasteiger partial charge in [0.25, 0.3) is 0 Å². The van der Waals surface area contributed by atoms with Crippen molar-refractivity contribution in [3.8, 4) is 0 Å². The predicted molar refractivity (Wildman–Crippen MR) is 152 cm³/mol. The largest absolute Gasteiger partial charge is 0.206 e. The van der Waals surface area contributed by atoms with Gasteiger partial charge < -0.3 is 0 Å². The van der Waals surface area contributed by atoms with Crippen molar-refractivity contribution in [2.75, 3.05) is 0 Å². The average molecular weight is 541 g/mol. The van der Waals surface area contributed by atoms with Crippen LogP contribution in [-0.2, 0) is 0 Å². The zero-order valence-electron chi connectivity index (χ0n) is 23.5. The third-order valence-corrected chi connectivity index (χ3v) is 10.2. The number of halogens is 4. The van der Waals surface area contributed by atoms with Gasteiger partial charge in [-0.3, -0.25) is 0 Å².